The van der Waals surface area contributed by atoms with Crippen LogP contribution in [0.4, 0.5) is 0 Å². The number of amides is 1. The van der Waals surface area contributed by atoms with E-state index in [1.165, 1.54) is 5.56 Å². The molecule has 1 aromatic carbocycles. The van der Waals surface area contributed by atoms with E-state index in [9.17, 15) is 4.79 Å². The van der Waals surface area contributed by atoms with Crippen molar-refractivity contribution in [3.8, 4) is 0 Å². The van der Waals surface area contributed by atoms with Gasteiger partial charge in [0.25, 0.3) is 0 Å². The van der Waals surface area contributed by atoms with Crippen molar-refractivity contribution in [2.24, 2.45) is 17.6 Å². The Morgan fingerprint density at radius 3 is 2.57 bits per heavy atom. The van der Waals surface area contributed by atoms with E-state index in [0.29, 0.717) is 17.7 Å². The zero-order chi connectivity index (χ0) is 14.8. The Kier molecular flexibility index (Phi) is 4.29. The van der Waals surface area contributed by atoms with E-state index in [2.05, 4.69) is 42.2 Å². The number of likely N-dealkylation sites (tertiary alicyclic amines) is 1. The summed E-state index contributed by atoms with van der Waals surface area (Å²) in [5.74, 6) is 1.47. The number of carbonyl (C=O) groups is 1. The van der Waals surface area contributed by atoms with E-state index in [1.54, 1.807) is 0 Å². The van der Waals surface area contributed by atoms with Crippen molar-refractivity contribution in [1.82, 2.24) is 4.90 Å². The number of rotatable bonds is 2. The molecule has 21 heavy (non-hydrogen) atoms. The minimum Gasteiger partial charge on any atom is -0.342 e. The van der Waals surface area contributed by atoms with Crippen molar-refractivity contribution < 1.29 is 4.79 Å². The van der Waals surface area contributed by atoms with Crippen LogP contribution in [0.5, 0.6) is 0 Å². The minimum atomic E-state index is 0.0745. The first kappa shape index (κ1) is 14.6. The van der Waals surface area contributed by atoms with Gasteiger partial charge in [-0.1, -0.05) is 43.7 Å². The Balaban J connectivity index is 1.64. The van der Waals surface area contributed by atoms with Gasteiger partial charge in [-0.15, -0.1) is 0 Å². The summed E-state index contributed by atoms with van der Waals surface area (Å²) in [5, 5.41) is 0. The van der Waals surface area contributed by atoms with Gasteiger partial charge in [-0.05, 0) is 36.7 Å². The number of hydrogen-bond acceptors (Lipinski definition) is 2. The number of benzene rings is 1. The zero-order valence-electron chi connectivity index (χ0n) is 12.9. The van der Waals surface area contributed by atoms with Crippen LogP contribution in [0, 0.1) is 11.8 Å². The molecule has 2 aliphatic rings. The van der Waals surface area contributed by atoms with E-state index < -0.39 is 0 Å². The Bertz CT molecular complexity index is 487. The predicted molar refractivity (Wildman–Crippen MR) is 84.9 cm³/mol. The monoisotopic (exact) mass is 286 g/mol. The van der Waals surface area contributed by atoms with Crippen molar-refractivity contribution in [2.45, 2.75) is 44.6 Å². The third-order valence-electron chi connectivity index (χ3n) is 5.33. The molecule has 1 aromatic rings. The summed E-state index contributed by atoms with van der Waals surface area (Å²) >= 11 is 0. The van der Waals surface area contributed by atoms with Crippen LogP contribution in [0.3, 0.4) is 0 Å². The summed E-state index contributed by atoms with van der Waals surface area (Å²) in [5.41, 5.74) is 7.50. The molecular weight excluding hydrogens is 260 g/mol. The van der Waals surface area contributed by atoms with Gasteiger partial charge in [0, 0.05) is 19.1 Å². The topological polar surface area (TPSA) is 46.3 Å². The molecule has 3 heteroatoms. The van der Waals surface area contributed by atoms with Crippen molar-refractivity contribution in [3.63, 3.8) is 0 Å². The molecular formula is C18H26N2O. The Morgan fingerprint density at radius 2 is 1.95 bits per heavy atom. The molecule has 0 radical (unpaired) electrons. The Hall–Kier alpha value is -1.35. The number of nitrogens with zero attached hydrogens (tertiary/aromatic N) is 1. The number of nitrogens with two attached hydrogens (primary N) is 1. The molecule has 3 nitrogen and oxygen atoms in total. The average molecular weight is 286 g/mol. The molecule has 2 fully saturated rings. The normalized spacial score (nSPS) is 33.1. The SMILES string of the molecule is C[C@@H]1CN(C(=O)[C@@H]2CCC[C@H]2N)CC[C@@H]1c1ccccc1. The van der Waals surface area contributed by atoms with Gasteiger partial charge in [-0.3, -0.25) is 4.79 Å². The lowest BCUT2D eigenvalue weighted by Crippen LogP contribution is -2.47. The number of hydrogen-bond donors (Lipinski definition) is 1. The standard InChI is InChI=1S/C18H26N2O/c1-13-12-20(18(21)16-8-5-9-17(16)19)11-10-15(13)14-6-3-2-4-7-14/h2-4,6-7,13,15-17H,5,8-12,19H2,1H3/t13-,15+,16-,17-/m1/s1. The van der Waals surface area contributed by atoms with Gasteiger partial charge in [-0.25, -0.2) is 0 Å². The molecule has 0 aromatic heterocycles. The molecule has 2 N–H and O–H groups in total. The molecule has 1 aliphatic heterocycles. The maximum Gasteiger partial charge on any atom is 0.227 e. The Morgan fingerprint density at radius 1 is 1.19 bits per heavy atom. The fraction of sp³-hybridized carbons (Fsp3) is 0.611. The minimum absolute atomic E-state index is 0.0745. The third kappa shape index (κ3) is 2.98. The highest BCUT2D eigenvalue weighted by molar-refractivity contribution is 5.80. The van der Waals surface area contributed by atoms with Crippen LogP contribution in [0.25, 0.3) is 0 Å². The predicted octanol–water partition coefficient (Wildman–Crippen LogP) is 2.77. The fourth-order valence-electron chi connectivity index (χ4n) is 4.07. The molecule has 1 saturated carbocycles. The van der Waals surface area contributed by atoms with E-state index >= 15 is 0 Å². The molecule has 3 rings (SSSR count). The molecule has 0 bridgehead atoms. The smallest absolute Gasteiger partial charge is 0.227 e. The van der Waals surface area contributed by atoms with Crippen LogP contribution in [-0.2, 0) is 4.79 Å². The maximum absolute atomic E-state index is 12.6. The lowest BCUT2D eigenvalue weighted by atomic mass is 9.81. The quantitative estimate of drug-likeness (QED) is 0.908. The van der Waals surface area contributed by atoms with E-state index in [0.717, 1.165) is 38.8 Å². The molecule has 1 amide bonds. The van der Waals surface area contributed by atoms with Crippen molar-refractivity contribution in [3.05, 3.63) is 35.9 Å². The van der Waals surface area contributed by atoms with Gasteiger partial charge >= 0.3 is 0 Å². The van der Waals surface area contributed by atoms with E-state index in [1.807, 2.05) is 0 Å². The maximum atomic E-state index is 12.6. The van der Waals surface area contributed by atoms with Crippen molar-refractivity contribution in [1.29, 1.82) is 0 Å². The van der Waals surface area contributed by atoms with Crippen molar-refractivity contribution in [2.75, 3.05) is 13.1 Å². The number of piperidine rings is 1. The molecule has 1 saturated heterocycles. The van der Waals surface area contributed by atoms with E-state index in [4.69, 9.17) is 5.73 Å². The second kappa shape index (κ2) is 6.18. The molecule has 4 atom stereocenters. The van der Waals surface area contributed by atoms with Gasteiger partial charge in [-0.2, -0.15) is 0 Å². The van der Waals surface area contributed by atoms with Crippen LogP contribution in [-0.4, -0.2) is 29.9 Å². The lowest BCUT2D eigenvalue weighted by molar-refractivity contribution is -0.137. The van der Waals surface area contributed by atoms with Crippen LogP contribution in [0.1, 0.15) is 44.1 Å². The highest BCUT2D eigenvalue weighted by Gasteiger charge is 2.36. The first-order valence-corrected chi connectivity index (χ1v) is 8.26. The van der Waals surface area contributed by atoms with Crippen LogP contribution in [0.2, 0.25) is 0 Å². The summed E-state index contributed by atoms with van der Waals surface area (Å²) < 4.78 is 0. The van der Waals surface area contributed by atoms with Crippen LogP contribution < -0.4 is 5.73 Å². The van der Waals surface area contributed by atoms with E-state index in [-0.39, 0.29) is 12.0 Å². The fourth-order valence-corrected chi connectivity index (χ4v) is 4.07. The van der Waals surface area contributed by atoms with Crippen LogP contribution in [0.15, 0.2) is 30.3 Å². The molecule has 0 unspecified atom stereocenters. The summed E-state index contributed by atoms with van der Waals surface area (Å²) in [4.78, 5) is 14.7. The van der Waals surface area contributed by atoms with Gasteiger partial charge in [0.15, 0.2) is 0 Å². The Labute approximate surface area is 127 Å². The first-order valence-electron chi connectivity index (χ1n) is 8.26. The highest BCUT2D eigenvalue weighted by atomic mass is 16.2. The molecule has 0 spiro atoms. The summed E-state index contributed by atoms with van der Waals surface area (Å²) in [6.45, 7) is 4.03. The summed E-state index contributed by atoms with van der Waals surface area (Å²) in [7, 11) is 0. The molecule has 114 valence electrons. The first-order chi connectivity index (χ1) is 10.2. The zero-order valence-corrected chi connectivity index (χ0v) is 12.9. The van der Waals surface area contributed by atoms with Gasteiger partial charge < -0.3 is 10.6 Å². The molecule has 1 aliphatic carbocycles. The largest absolute Gasteiger partial charge is 0.342 e. The van der Waals surface area contributed by atoms with Crippen LogP contribution >= 0.6 is 0 Å². The summed E-state index contributed by atoms with van der Waals surface area (Å²) in [6.07, 6.45) is 4.16. The lowest BCUT2D eigenvalue weighted by Gasteiger charge is -2.38. The van der Waals surface area contributed by atoms with Crippen molar-refractivity contribution >= 4 is 5.91 Å². The average Bonchev–Trinajstić information content (AvgIpc) is 2.93. The third-order valence-corrected chi connectivity index (χ3v) is 5.33. The number of carbonyl (C=O) groups excluding carboxylic acids is 1. The van der Waals surface area contributed by atoms with Gasteiger partial charge in [0.05, 0.1) is 5.92 Å². The second-order valence-electron chi connectivity index (χ2n) is 6.77. The summed E-state index contributed by atoms with van der Waals surface area (Å²) in [6, 6.07) is 10.8. The highest BCUT2D eigenvalue weighted by Crippen LogP contribution is 2.34. The van der Waals surface area contributed by atoms with Gasteiger partial charge in [0.1, 0.15) is 0 Å². The second-order valence-corrected chi connectivity index (χ2v) is 6.77. The molecule has 1 heterocycles. The van der Waals surface area contributed by atoms with Gasteiger partial charge in [0.2, 0.25) is 5.91 Å².